The number of unbranched alkanes of at least 4 members (excludes halogenated alkanes) is 35. The lowest BCUT2D eigenvalue weighted by Gasteiger charge is -2.18. The van der Waals surface area contributed by atoms with Crippen LogP contribution in [-0.2, 0) is 28.6 Å². The Morgan fingerprint density at radius 3 is 0.855 bits per heavy atom. The second-order valence-corrected chi connectivity index (χ2v) is 20.0. The average Bonchev–Trinajstić information content (AvgIpc) is 3.35. The van der Waals surface area contributed by atoms with Crippen molar-refractivity contribution in [3.63, 3.8) is 0 Å². The van der Waals surface area contributed by atoms with E-state index in [2.05, 4.69) is 81.5 Å². The fraction of sp³-hybridized carbons (Fsp3) is 0.794. The maximum Gasteiger partial charge on any atom is 0.306 e. The van der Waals surface area contributed by atoms with Crippen molar-refractivity contribution in [1.82, 2.24) is 0 Å². The van der Waals surface area contributed by atoms with Crippen molar-refractivity contribution < 1.29 is 28.6 Å². The molecule has 0 fully saturated rings. The van der Waals surface area contributed by atoms with Crippen molar-refractivity contribution in [3.05, 3.63) is 60.8 Å². The Labute approximate surface area is 428 Å². The lowest BCUT2D eigenvalue weighted by atomic mass is 10.1. The summed E-state index contributed by atoms with van der Waals surface area (Å²) in [5.41, 5.74) is 0. The number of rotatable bonds is 54. The largest absolute Gasteiger partial charge is 0.462 e. The molecule has 0 aromatic carbocycles. The van der Waals surface area contributed by atoms with Crippen LogP contribution in [0.2, 0.25) is 0 Å². The predicted molar refractivity (Wildman–Crippen MR) is 298 cm³/mol. The van der Waals surface area contributed by atoms with E-state index in [4.69, 9.17) is 14.2 Å². The van der Waals surface area contributed by atoms with Gasteiger partial charge in [0.25, 0.3) is 0 Å². The summed E-state index contributed by atoms with van der Waals surface area (Å²) in [4.78, 5) is 38.2. The lowest BCUT2D eigenvalue weighted by molar-refractivity contribution is -0.167. The predicted octanol–water partition coefficient (Wildman–Crippen LogP) is 20.0. The van der Waals surface area contributed by atoms with Gasteiger partial charge < -0.3 is 14.2 Å². The number of carbonyl (C=O) groups excluding carboxylic acids is 3. The van der Waals surface area contributed by atoms with Crippen LogP contribution in [0, 0.1) is 0 Å². The third kappa shape index (κ3) is 55.9. The monoisotopic (exact) mass is 965 g/mol. The summed E-state index contributed by atoms with van der Waals surface area (Å²) >= 11 is 0. The molecule has 0 aliphatic rings. The van der Waals surface area contributed by atoms with E-state index in [0.717, 1.165) is 89.9 Å². The van der Waals surface area contributed by atoms with Gasteiger partial charge in [0.1, 0.15) is 13.2 Å². The first-order valence-corrected chi connectivity index (χ1v) is 29.8. The Balaban J connectivity index is 4.40. The number of allylic oxidation sites excluding steroid dienone is 10. The summed E-state index contributed by atoms with van der Waals surface area (Å²) in [7, 11) is 0. The summed E-state index contributed by atoms with van der Waals surface area (Å²) in [6, 6.07) is 0. The quantitative estimate of drug-likeness (QED) is 0.0199. The molecule has 0 aliphatic carbocycles. The summed E-state index contributed by atoms with van der Waals surface area (Å²) in [6.07, 6.45) is 72.1. The van der Waals surface area contributed by atoms with Gasteiger partial charge >= 0.3 is 17.9 Å². The molecule has 0 amide bonds. The van der Waals surface area contributed by atoms with Gasteiger partial charge in [0, 0.05) is 19.3 Å². The molecule has 0 radical (unpaired) electrons. The van der Waals surface area contributed by atoms with E-state index in [0.29, 0.717) is 19.3 Å². The summed E-state index contributed by atoms with van der Waals surface area (Å²) in [6.45, 7) is 6.60. The zero-order chi connectivity index (χ0) is 50.0. The second-order valence-electron chi connectivity index (χ2n) is 20.0. The van der Waals surface area contributed by atoms with E-state index in [-0.39, 0.29) is 31.1 Å². The maximum atomic E-state index is 12.9. The van der Waals surface area contributed by atoms with Gasteiger partial charge in [-0.1, -0.05) is 248 Å². The molecule has 0 aromatic heterocycles. The molecule has 69 heavy (non-hydrogen) atoms. The van der Waals surface area contributed by atoms with Crippen LogP contribution in [0.5, 0.6) is 0 Å². The van der Waals surface area contributed by atoms with Gasteiger partial charge in [-0.15, -0.1) is 0 Å². The van der Waals surface area contributed by atoms with E-state index in [9.17, 15) is 14.4 Å². The fourth-order valence-electron chi connectivity index (χ4n) is 8.48. The minimum Gasteiger partial charge on any atom is -0.462 e. The Bertz CT molecular complexity index is 1250. The zero-order valence-corrected chi connectivity index (χ0v) is 45.8. The van der Waals surface area contributed by atoms with Crippen LogP contribution >= 0.6 is 0 Å². The molecule has 0 saturated carbocycles. The van der Waals surface area contributed by atoms with E-state index in [1.807, 2.05) is 0 Å². The van der Waals surface area contributed by atoms with E-state index in [1.165, 1.54) is 173 Å². The normalized spacial score (nSPS) is 12.4. The summed E-state index contributed by atoms with van der Waals surface area (Å²) < 4.78 is 16.9. The van der Waals surface area contributed by atoms with Gasteiger partial charge in [-0.2, -0.15) is 0 Å². The fourth-order valence-corrected chi connectivity index (χ4v) is 8.48. The summed E-state index contributed by atoms with van der Waals surface area (Å²) in [5, 5.41) is 0. The van der Waals surface area contributed by atoms with E-state index < -0.39 is 6.10 Å². The minimum atomic E-state index is -0.790. The number of hydrogen-bond acceptors (Lipinski definition) is 6. The van der Waals surface area contributed by atoms with Crippen LogP contribution < -0.4 is 0 Å². The van der Waals surface area contributed by atoms with Gasteiger partial charge in [0.05, 0.1) is 0 Å². The van der Waals surface area contributed by atoms with Crippen molar-refractivity contribution >= 4 is 17.9 Å². The SMILES string of the molecule is CCCCC/C=C\C=C/CCCCCCCCCCCCC(=O)OCC(COC(=O)CCCCC/C=C\CCCCCCCCC)OC(=O)CCCCCCC/C=C\C=C/CCCCCCCCC. The third-order valence-electron chi connectivity index (χ3n) is 13.0. The highest BCUT2D eigenvalue weighted by Gasteiger charge is 2.19. The van der Waals surface area contributed by atoms with Crippen molar-refractivity contribution in [1.29, 1.82) is 0 Å². The van der Waals surface area contributed by atoms with Gasteiger partial charge in [-0.3, -0.25) is 14.4 Å². The van der Waals surface area contributed by atoms with E-state index in [1.54, 1.807) is 0 Å². The van der Waals surface area contributed by atoms with Crippen LogP contribution in [0.3, 0.4) is 0 Å². The highest BCUT2D eigenvalue weighted by molar-refractivity contribution is 5.71. The van der Waals surface area contributed by atoms with Crippen LogP contribution in [0.1, 0.15) is 303 Å². The van der Waals surface area contributed by atoms with Crippen molar-refractivity contribution in [3.8, 4) is 0 Å². The second kappa shape index (κ2) is 57.7. The molecular weight excluding hydrogens is 853 g/mol. The molecule has 0 aromatic rings. The number of carbonyl (C=O) groups is 3. The molecule has 0 spiro atoms. The average molecular weight is 966 g/mol. The molecule has 400 valence electrons. The van der Waals surface area contributed by atoms with Crippen LogP contribution in [0.25, 0.3) is 0 Å². The lowest BCUT2D eigenvalue weighted by Crippen LogP contribution is -2.30. The molecule has 0 heterocycles. The number of hydrogen-bond donors (Lipinski definition) is 0. The highest BCUT2D eigenvalue weighted by Crippen LogP contribution is 2.15. The molecule has 6 heteroatoms. The maximum absolute atomic E-state index is 12.9. The Kier molecular flexibility index (Phi) is 55.3. The topological polar surface area (TPSA) is 78.9 Å². The Hall–Kier alpha value is -2.89. The molecule has 0 rings (SSSR count). The van der Waals surface area contributed by atoms with E-state index >= 15 is 0 Å². The van der Waals surface area contributed by atoms with Crippen molar-refractivity contribution in [2.45, 2.75) is 309 Å². The zero-order valence-electron chi connectivity index (χ0n) is 45.8. The van der Waals surface area contributed by atoms with Gasteiger partial charge in [0.2, 0.25) is 0 Å². The molecule has 0 bridgehead atoms. The highest BCUT2D eigenvalue weighted by atomic mass is 16.6. The first kappa shape index (κ1) is 66.1. The molecule has 6 nitrogen and oxygen atoms in total. The summed E-state index contributed by atoms with van der Waals surface area (Å²) in [5.74, 6) is -0.909. The van der Waals surface area contributed by atoms with Gasteiger partial charge in [-0.05, 0) is 96.3 Å². The first-order chi connectivity index (χ1) is 34.0. The van der Waals surface area contributed by atoms with Crippen molar-refractivity contribution in [2.75, 3.05) is 13.2 Å². The molecule has 0 aliphatic heterocycles. The molecule has 0 saturated heterocycles. The standard InChI is InChI=1S/C63H112O6/c1-4-7-10-13-16-19-22-25-28-30-32-34-35-38-41-44-47-50-53-56-62(65)68-59-60(58-67-61(64)55-52-49-46-43-40-37-27-24-21-18-15-12-9-6-3)69-63(66)57-54-51-48-45-42-39-36-33-31-29-26-23-20-17-14-11-8-5-2/h16,19,22,25,29,31,33,36-37,40,60H,4-15,17-18,20-21,23-24,26-28,30,32,34-35,38-39,41-59H2,1-3H3/b19-16-,25-22-,31-29-,36-33-,40-37-. The molecular formula is C63H112O6. The van der Waals surface area contributed by atoms with Gasteiger partial charge in [-0.25, -0.2) is 0 Å². The Morgan fingerprint density at radius 2 is 0.522 bits per heavy atom. The number of esters is 3. The van der Waals surface area contributed by atoms with Crippen molar-refractivity contribution in [2.24, 2.45) is 0 Å². The molecule has 0 N–H and O–H groups in total. The van der Waals surface area contributed by atoms with Crippen LogP contribution in [-0.4, -0.2) is 37.2 Å². The van der Waals surface area contributed by atoms with Crippen LogP contribution in [0.4, 0.5) is 0 Å². The third-order valence-corrected chi connectivity index (χ3v) is 13.0. The Morgan fingerprint density at radius 1 is 0.290 bits per heavy atom. The van der Waals surface area contributed by atoms with Crippen LogP contribution in [0.15, 0.2) is 60.8 Å². The first-order valence-electron chi connectivity index (χ1n) is 29.8. The minimum absolute atomic E-state index is 0.0860. The smallest absolute Gasteiger partial charge is 0.306 e. The molecule has 1 atom stereocenters. The molecule has 1 unspecified atom stereocenters. The van der Waals surface area contributed by atoms with Gasteiger partial charge in [0.15, 0.2) is 6.10 Å². The number of ether oxygens (including phenoxy) is 3.